The standard InChI is InChI=1S/C13H12BrCl2NS/c1-17-12(7-9-3-5-13(14)18-9)8-2-4-10(15)11(16)6-8/h2-6,12,17H,7H2,1H3. The molecule has 1 nitrogen and oxygen atoms in total. The van der Waals surface area contributed by atoms with Crippen molar-refractivity contribution in [1.29, 1.82) is 0 Å². The molecular weight excluding hydrogens is 353 g/mol. The van der Waals surface area contributed by atoms with Crippen LogP contribution in [0, 0.1) is 0 Å². The summed E-state index contributed by atoms with van der Waals surface area (Å²) in [5.74, 6) is 0. The molecule has 0 aliphatic carbocycles. The Morgan fingerprint density at radius 1 is 1.22 bits per heavy atom. The van der Waals surface area contributed by atoms with Crippen molar-refractivity contribution >= 4 is 50.5 Å². The Kier molecular flexibility index (Phi) is 5.10. The molecule has 96 valence electrons. The van der Waals surface area contributed by atoms with E-state index >= 15 is 0 Å². The van der Waals surface area contributed by atoms with Crippen LogP contribution in [0.5, 0.6) is 0 Å². The van der Waals surface area contributed by atoms with Crippen LogP contribution >= 0.6 is 50.5 Å². The molecule has 2 rings (SSSR count). The lowest BCUT2D eigenvalue weighted by atomic mass is 10.0. The average molecular weight is 365 g/mol. The fraction of sp³-hybridized carbons (Fsp3) is 0.231. The highest BCUT2D eigenvalue weighted by atomic mass is 79.9. The van der Waals surface area contributed by atoms with Gasteiger partial charge in [0.1, 0.15) is 0 Å². The van der Waals surface area contributed by atoms with E-state index in [2.05, 4.69) is 33.4 Å². The average Bonchev–Trinajstić information content (AvgIpc) is 2.75. The maximum atomic E-state index is 6.06. The van der Waals surface area contributed by atoms with Crippen LogP contribution in [0.3, 0.4) is 0 Å². The van der Waals surface area contributed by atoms with Crippen molar-refractivity contribution in [2.45, 2.75) is 12.5 Å². The van der Waals surface area contributed by atoms with Gasteiger partial charge in [0.25, 0.3) is 0 Å². The number of benzene rings is 1. The zero-order valence-corrected chi connectivity index (χ0v) is 13.6. The van der Waals surface area contributed by atoms with Gasteiger partial charge in [-0.15, -0.1) is 11.3 Å². The molecule has 0 saturated carbocycles. The monoisotopic (exact) mass is 363 g/mol. The van der Waals surface area contributed by atoms with Crippen molar-refractivity contribution in [3.05, 3.63) is 54.6 Å². The van der Waals surface area contributed by atoms with Gasteiger partial charge in [0.2, 0.25) is 0 Å². The van der Waals surface area contributed by atoms with Gasteiger partial charge in [0.05, 0.1) is 13.8 Å². The van der Waals surface area contributed by atoms with E-state index in [1.807, 2.05) is 25.2 Å². The minimum absolute atomic E-state index is 0.241. The van der Waals surface area contributed by atoms with Crippen molar-refractivity contribution in [1.82, 2.24) is 5.32 Å². The molecule has 0 radical (unpaired) electrons. The minimum atomic E-state index is 0.241. The summed E-state index contributed by atoms with van der Waals surface area (Å²) in [4.78, 5) is 1.33. The van der Waals surface area contributed by atoms with E-state index in [1.165, 1.54) is 4.88 Å². The topological polar surface area (TPSA) is 12.0 Å². The number of rotatable bonds is 4. The van der Waals surface area contributed by atoms with Gasteiger partial charge in [-0.25, -0.2) is 0 Å². The van der Waals surface area contributed by atoms with E-state index < -0.39 is 0 Å². The number of halogens is 3. The van der Waals surface area contributed by atoms with Gasteiger partial charge in [0.15, 0.2) is 0 Å². The first-order valence-corrected chi connectivity index (χ1v) is 7.83. The van der Waals surface area contributed by atoms with Gasteiger partial charge in [0, 0.05) is 17.3 Å². The summed E-state index contributed by atoms with van der Waals surface area (Å²) in [6, 6.07) is 10.2. The molecule has 1 aromatic heterocycles. The molecule has 1 N–H and O–H groups in total. The molecule has 2 aromatic rings. The summed E-state index contributed by atoms with van der Waals surface area (Å²) in [7, 11) is 1.95. The van der Waals surface area contributed by atoms with Crippen LogP contribution in [0.15, 0.2) is 34.1 Å². The predicted octanol–water partition coefficient (Wildman–Crippen LogP) is 5.32. The molecule has 5 heteroatoms. The molecule has 1 heterocycles. The molecule has 0 fully saturated rings. The molecule has 18 heavy (non-hydrogen) atoms. The molecule has 0 spiro atoms. The summed E-state index contributed by atoms with van der Waals surface area (Å²) in [6.07, 6.45) is 0.935. The molecule has 1 aromatic carbocycles. The van der Waals surface area contributed by atoms with E-state index in [-0.39, 0.29) is 6.04 Å². The zero-order valence-electron chi connectivity index (χ0n) is 9.71. The molecule has 0 amide bonds. The molecule has 0 bridgehead atoms. The number of hydrogen-bond acceptors (Lipinski definition) is 2. The molecule has 1 unspecified atom stereocenters. The van der Waals surface area contributed by atoms with Crippen LogP contribution in [0.25, 0.3) is 0 Å². The van der Waals surface area contributed by atoms with Gasteiger partial charge < -0.3 is 5.32 Å². The van der Waals surface area contributed by atoms with Gasteiger partial charge in [-0.1, -0.05) is 29.3 Å². The summed E-state index contributed by atoms with van der Waals surface area (Å²) in [5.41, 5.74) is 1.15. The zero-order chi connectivity index (χ0) is 13.1. The van der Waals surface area contributed by atoms with Crippen molar-refractivity contribution in [2.24, 2.45) is 0 Å². The Labute approximate surface area is 129 Å². The van der Waals surface area contributed by atoms with E-state index in [0.717, 1.165) is 15.8 Å². The first kappa shape index (κ1) is 14.4. The Balaban J connectivity index is 2.19. The lowest BCUT2D eigenvalue weighted by Gasteiger charge is -2.16. The fourth-order valence-electron chi connectivity index (χ4n) is 1.78. The van der Waals surface area contributed by atoms with Gasteiger partial charge in [-0.3, -0.25) is 0 Å². The normalized spacial score (nSPS) is 12.7. The second-order valence-electron chi connectivity index (χ2n) is 3.92. The maximum Gasteiger partial charge on any atom is 0.0701 e. The van der Waals surface area contributed by atoms with Crippen LogP contribution in [-0.2, 0) is 6.42 Å². The van der Waals surface area contributed by atoms with Crippen molar-refractivity contribution in [3.63, 3.8) is 0 Å². The molecular formula is C13H12BrCl2NS. The smallest absolute Gasteiger partial charge is 0.0701 e. The number of hydrogen-bond donors (Lipinski definition) is 1. The Bertz CT molecular complexity index is 542. The summed E-state index contributed by atoms with van der Waals surface area (Å²) in [5, 5.41) is 4.50. The fourth-order valence-corrected chi connectivity index (χ4v) is 3.61. The van der Waals surface area contributed by atoms with Gasteiger partial charge in [-0.2, -0.15) is 0 Å². The van der Waals surface area contributed by atoms with Crippen molar-refractivity contribution in [3.8, 4) is 0 Å². The molecule has 0 aliphatic heterocycles. The highest BCUT2D eigenvalue weighted by molar-refractivity contribution is 9.11. The second kappa shape index (κ2) is 6.40. The van der Waals surface area contributed by atoms with E-state index in [0.29, 0.717) is 10.0 Å². The van der Waals surface area contributed by atoms with Crippen molar-refractivity contribution < 1.29 is 0 Å². The van der Waals surface area contributed by atoms with E-state index in [1.54, 1.807) is 11.3 Å². The maximum absolute atomic E-state index is 6.06. The number of nitrogens with one attached hydrogen (secondary N) is 1. The van der Waals surface area contributed by atoms with Crippen LogP contribution in [-0.4, -0.2) is 7.05 Å². The van der Waals surface area contributed by atoms with Crippen LogP contribution < -0.4 is 5.32 Å². The third-order valence-electron chi connectivity index (χ3n) is 2.73. The number of likely N-dealkylation sites (N-methyl/N-ethyl adjacent to an activating group) is 1. The second-order valence-corrected chi connectivity index (χ2v) is 7.29. The Hall–Kier alpha value is -0.0600. The van der Waals surface area contributed by atoms with Crippen LogP contribution in [0.1, 0.15) is 16.5 Å². The van der Waals surface area contributed by atoms with Gasteiger partial charge in [-0.05, 0) is 52.8 Å². The Morgan fingerprint density at radius 3 is 2.56 bits per heavy atom. The van der Waals surface area contributed by atoms with E-state index in [4.69, 9.17) is 23.2 Å². The largest absolute Gasteiger partial charge is 0.313 e. The molecule has 1 atom stereocenters. The summed E-state index contributed by atoms with van der Waals surface area (Å²) in [6.45, 7) is 0. The lowest BCUT2D eigenvalue weighted by Crippen LogP contribution is -2.18. The van der Waals surface area contributed by atoms with Crippen molar-refractivity contribution in [2.75, 3.05) is 7.05 Å². The first-order chi connectivity index (χ1) is 8.60. The molecule has 0 saturated heterocycles. The Morgan fingerprint density at radius 2 is 2.00 bits per heavy atom. The lowest BCUT2D eigenvalue weighted by molar-refractivity contribution is 0.596. The minimum Gasteiger partial charge on any atom is -0.313 e. The highest BCUT2D eigenvalue weighted by Gasteiger charge is 2.12. The predicted molar refractivity (Wildman–Crippen MR) is 84.0 cm³/mol. The number of thiophene rings is 1. The molecule has 0 aliphatic rings. The quantitative estimate of drug-likeness (QED) is 0.773. The third-order valence-corrected chi connectivity index (χ3v) is 5.11. The van der Waals surface area contributed by atoms with Crippen LogP contribution in [0.2, 0.25) is 10.0 Å². The van der Waals surface area contributed by atoms with E-state index in [9.17, 15) is 0 Å². The third kappa shape index (κ3) is 3.49. The SMILES string of the molecule is CNC(Cc1ccc(Br)s1)c1ccc(Cl)c(Cl)c1. The van der Waals surface area contributed by atoms with Crippen LogP contribution in [0.4, 0.5) is 0 Å². The highest BCUT2D eigenvalue weighted by Crippen LogP contribution is 2.29. The summed E-state index contributed by atoms with van der Waals surface area (Å²) < 4.78 is 1.15. The summed E-state index contributed by atoms with van der Waals surface area (Å²) >= 11 is 17.2. The van der Waals surface area contributed by atoms with Gasteiger partial charge >= 0.3 is 0 Å². The first-order valence-electron chi connectivity index (χ1n) is 5.46.